The van der Waals surface area contributed by atoms with Crippen LogP contribution in [0.15, 0.2) is 48.2 Å². The molecule has 0 amide bonds. The van der Waals surface area contributed by atoms with Crippen molar-refractivity contribution in [3.05, 3.63) is 48.2 Å². The summed E-state index contributed by atoms with van der Waals surface area (Å²) < 4.78 is 5.54. The average molecular weight is 231 g/mol. The molecule has 0 aliphatic carbocycles. The summed E-state index contributed by atoms with van der Waals surface area (Å²) in [5, 5.41) is 7.36. The van der Waals surface area contributed by atoms with Crippen LogP contribution < -0.4 is 10.5 Å². The second kappa shape index (κ2) is 6.48. The molecule has 4 nitrogen and oxygen atoms in total. The van der Waals surface area contributed by atoms with Gasteiger partial charge in [0.15, 0.2) is 0 Å². The zero-order valence-electron chi connectivity index (χ0n) is 10.2. The molecular weight excluding hydrogens is 214 g/mol. The fourth-order valence-electron chi connectivity index (χ4n) is 1.09. The van der Waals surface area contributed by atoms with E-state index in [-0.39, 0.29) is 0 Å². The van der Waals surface area contributed by atoms with E-state index < -0.39 is 0 Å². The lowest BCUT2D eigenvalue weighted by molar-refractivity contribution is 0.353. The fraction of sp³-hybridized carbons (Fsp3) is 0.231. The highest BCUT2D eigenvalue weighted by Crippen LogP contribution is 2.12. The van der Waals surface area contributed by atoms with Crippen molar-refractivity contribution in [2.45, 2.75) is 13.8 Å². The van der Waals surface area contributed by atoms with Crippen LogP contribution in [0.2, 0.25) is 0 Å². The van der Waals surface area contributed by atoms with Crippen molar-refractivity contribution in [1.29, 1.82) is 0 Å². The molecule has 0 radical (unpaired) electrons. The highest BCUT2D eigenvalue weighted by atomic mass is 16.5. The Morgan fingerprint density at radius 3 is 2.88 bits per heavy atom. The maximum absolute atomic E-state index is 5.54. The lowest BCUT2D eigenvalue weighted by atomic mass is 10.2. The molecule has 0 aromatic carbocycles. The molecule has 1 rings (SSSR count). The van der Waals surface area contributed by atoms with Crippen LogP contribution in [0.25, 0.3) is 0 Å². The minimum Gasteiger partial charge on any atom is -0.487 e. The number of aromatic nitrogens is 2. The topological polar surface area (TPSA) is 61.0 Å². The highest BCUT2D eigenvalue weighted by molar-refractivity contribution is 5.34. The molecule has 0 aliphatic rings. The predicted octanol–water partition coefficient (Wildman–Crippen LogP) is 2.52. The van der Waals surface area contributed by atoms with Crippen LogP contribution in [-0.2, 0) is 0 Å². The van der Waals surface area contributed by atoms with Crippen LogP contribution in [0.3, 0.4) is 0 Å². The van der Waals surface area contributed by atoms with E-state index in [1.165, 1.54) is 6.20 Å². The van der Waals surface area contributed by atoms with Gasteiger partial charge in [0.05, 0.1) is 6.20 Å². The zero-order chi connectivity index (χ0) is 12.7. The molecule has 0 saturated carbocycles. The third-order valence-corrected chi connectivity index (χ3v) is 2.01. The molecule has 0 bridgehead atoms. The van der Waals surface area contributed by atoms with Crippen molar-refractivity contribution in [2.75, 3.05) is 12.3 Å². The lowest BCUT2D eigenvalue weighted by Crippen LogP contribution is -2.01. The fourth-order valence-corrected chi connectivity index (χ4v) is 1.09. The van der Waals surface area contributed by atoms with Gasteiger partial charge >= 0.3 is 0 Å². The Bertz CT molecular complexity index is 450. The molecular formula is C13H17N3O. The molecule has 90 valence electrons. The van der Waals surface area contributed by atoms with E-state index in [4.69, 9.17) is 10.5 Å². The van der Waals surface area contributed by atoms with E-state index in [1.54, 1.807) is 6.07 Å². The van der Waals surface area contributed by atoms with Gasteiger partial charge in [-0.3, -0.25) is 0 Å². The minimum atomic E-state index is 0.349. The largest absolute Gasteiger partial charge is 0.487 e. The molecule has 0 fully saturated rings. The molecule has 0 spiro atoms. The molecule has 1 heterocycles. The van der Waals surface area contributed by atoms with Gasteiger partial charge in [-0.05, 0) is 19.4 Å². The van der Waals surface area contributed by atoms with Crippen LogP contribution in [0, 0.1) is 0 Å². The number of nitrogen functional groups attached to an aromatic ring is 1. The molecule has 0 aliphatic heterocycles. The van der Waals surface area contributed by atoms with Gasteiger partial charge in [0, 0.05) is 6.07 Å². The number of rotatable bonds is 5. The molecule has 17 heavy (non-hydrogen) atoms. The highest BCUT2D eigenvalue weighted by Gasteiger charge is 1.97. The zero-order valence-corrected chi connectivity index (χ0v) is 10.2. The molecule has 0 atom stereocenters. The normalized spacial score (nSPS) is 11.8. The van der Waals surface area contributed by atoms with Crippen molar-refractivity contribution < 1.29 is 4.74 Å². The molecule has 1 aromatic rings. The number of allylic oxidation sites excluding steroid dienone is 3. The maximum Gasteiger partial charge on any atom is 0.149 e. The van der Waals surface area contributed by atoms with Crippen LogP contribution in [0.5, 0.6) is 5.75 Å². The van der Waals surface area contributed by atoms with Gasteiger partial charge in [-0.2, -0.15) is 5.10 Å². The molecule has 2 N–H and O–H groups in total. The monoisotopic (exact) mass is 231 g/mol. The van der Waals surface area contributed by atoms with E-state index in [9.17, 15) is 0 Å². The number of ether oxygens (including phenoxy) is 1. The number of anilines is 1. The van der Waals surface area contributed by atoms with E-state index in [0.717, 1.165) is 11.1 Å². The third kappa shape index (κ3) is 4.97. The van der Waals surface area contributed by atoms with Gasteiger partial charge in [-0.15, -0.1) is 5.10 Å². The molecule has 0 unspecified atom stereocenters. The van der Waals surface area contributed by atoms with E-state index in [2.05, 4.69) is 16.8 Å². The van der Waals surface area contributed by atoms with Crippen molar-refractivity contribution in [2.24, 2.45) is 0 Å². The number of hydrogen-bond acceptors (Lipinski definition) is 4. The second-order valence-corrected chi connectivity index (χ2v) is 3.65. The minimum absolute atomic E-state index is 0.349. The summed E-state index contributed by atoms with van der Waals surface area (Å²) in [6.45, 7) is 8.17. The first kappa shape index (κ1) is 13.0. The Hall–Kier alpha value is -2.10. The van der Waals surface area contributed by atoms with Crippen molar-refractivity contribution >= 4 is 5.82 Å². The first-order chi connectivity index (χ1) is 8.11. The molecule has 0 saturated heterocycles. The number of nitrogens with zero attached hydrogens (tertiary/aromatic N) is 2. The first-order valence-corrected chi connectivity index (χ1v) is 5.31. The number of nitrogens with two attached hydrogens (primary N) is 1. The van der Waals surface area contributed by atoms with Crippen LogP contribution in [0.1, 0.15) is 13.8 Å². The molecule has 4 heteroatoms. The van der Waals surface area contributed by atoms with E-state index >= 15 is 0 Å². The Balaban J connectivity index is 2.57. The summed E-state index contributed by atoms with van der Waals surface area (Å²) in [5.74, 6) is 0.961. The van der Waals surface area contributed by atoms with Gasteiger partial charge in [0.25, 0.3) is 0 Å². The van der Waals surface area contributed by atoms with Crippen LogP contribution in [0.4, 0.5) is 5.82 Å². The van der Waals surface area contributed by atoms with Crippen LogP contribution in [-0.4, -0.2) is 16.8 Å². The van der Waals surface area contributed by atoms with Crippen molar-refractivity contribution in [1.82, 2.24) is 10.2 Å². The standard InChI is InChI=1S/C13H17N3O/c1-4-11(6-5-10(2)3)9-17-12-7-13(14)16-15-8-12/h4-8H,2,9H2,1,3H3,(H2,14,16)/b6-5-,11-4+. The Morgan fingerprint density at radius 2 is 2.29 bits per heavy atom. The smallest absolute Gasteiger partial charge is 0.149 e. The SMILES string of the molecule is C=C(C)/C=C\C(=C/C)COc1cnnc(N)c1. The van der Waals surface area contributed by atoms with Gasteiger partial charge in [-0.25, -0.2) is 0 Å². The summed E-state index contributed by atoms with van der Waals surface area (Å²) in [6.07, 6.45) is 7.43. The summed E-state index contributed by atoms with van der Waals surface area (Å²) in [4.78, 5) is 0. The van der Waals surface area contributed by atoms with Crippen molar-refractivity contribution in [3.63, 3.8) is 0 Å². The Kier molecular flexibility index (Phi) is 4.94. The summed E-state index contributed by atoms with van der Waals surface area (Å²) >= 11 is 0. The van der Waals surface area contributed by atoms with E-state index in [0.29, 0.717) is 18.2 Å². The van der Waals surface area contributed by atoms with E-state index in [1.807, 2.05) is 32.1 Å². The lowest BCUT2D eigenvalue weighted by Gasteiger charge is -2.06. The molecule has 1 aromatic heterocycles. The van der Waals surface area contributed by atoms with Gasteiger partial charge in [0.1, 0.15) is 18.2 Å². The summed E-state index contributed by atoms with van der Waals surface area (Å²) in [7, 11) is 0. The first-order valence-electron chi connectivity index (χ1n) is 5.31. The Labute approximate surface area is 102 Å². The Morgan fingerprint density at radius 1 is 1.53 bits per heavy atom. The maximum atomic E-state index is 5.54. The average Bonchev–Trinajstić information content (AvgIpc) is 2.29. The number of hydrogen-bond donors (Lipinski definition) is 1. The van der Waals surface area contributed by atoms with Gasteiger partial charge < -0.3 is 10.5 Å². The summed E-state index contributed by atoms with van der Waals surface area (Å²) in [5.41, 5.74) is 7.56. The predicted molar refractivity (Wildman–Crippen MR) is 69.7 cm³/mol. The quantitative estimate of drug-likeness (QED) is 0.791. The summed E-state index contributed by atoms with van der Waals surface area (Å²) in [6, 6.07) is 1.64. The van der Waals surface area contributed by atoms with Gasteiger partial charge in [0.2, 0.25) is 0 Å². The van der Waals surface area contributed by atoms with Crippen molar-refractivity contribution in [3.8, 4) is 5.75 Å². The third-order valence-electron chi connectivity index (χ3n) is 2.01. The second-order valence-electron chi connectivity index (χ2n) is 3.65. The van der Waals surface area contributed by atoms with Crippen LogP contribution >= 0.6 is 0 Å². The van der Waals surface area contributed by atoms with Gasteiger partial charge in [-0.1, -0.05) is 30.4 Å².